The van der Waals surface area contributed by atoms with Crippen LogP contribution in [0.2, 0.25) is 0 Å². The second kappa shape index (κ2) is 9.65. The average Bonchev–Trinajstić information content (AvgIpc) is 2.46. The zero-order valence-corrected chi connectivity index (χ0v) is 13.3. The molecule has 0 aliphatic heterocycles. The standard InChI is InChI=1S/C17H29NO2/c1-5-12-18-17(14(2)3)7-6-13-20-16-10-8-15(19-4)9-11-16/h8-11,14,17-18H,5-7,12-13H2,1-4H3. The molecule has 20 heavy (non-hydrogen) atoms. The van der Waals surface area contributed by atoms with E-state index < -0.39 is 0 Å². The Labute approximate surface area is 123 Å². The highest BCUT2D eigenvalue weighted by molar-refractivity contribution is 5.31. The van der Waals surface area contributed by atoms with Gasteiger partial charge in [0.05, 0.1) is 13.7 Å². The molecule has 0 radical (unpaired) electrons. The molecule has 1 aromatic carbocycles. The lowest BCUT2D eigenvalue weighted by atomic mass is 9.99. The lowest BCUT2D eigenvalue weighted by molar-refractivity contribution is 0.281. The van der Waals surface area contributed by atoms with E-state index in [1.807, 2.05) is 24.3 Å². The van der Waals surface area contributed by atoms with Crippen LogP contribution in [0.15, 0.2) is 24.3 Å². The summed E-state index contributed by atoms with van der Waals surface area (Å²) in [5.41, 5.74) is 0. The molecule has 0 spiro atoms. The van der Waals surface area contributed by atoms with Gasteiger partial charge in [0.1, 0.15) is 11.5 Å². The summed E-state index contributed by atoms with van der Waals surface area (Å²) in [5.74, 6) is 2.44. The van der Waals surface area contributed by atoms with Crippen LogP contribution < -0.4 is 14.8 Å². The molecule has 0 saturated carbocycles. The van der Waals surface area contributed by atoms with Gasteiger partial charge in [-0.1, -0.05) is 20.8 Å². The number of hydrogen-bond acceptors (Lipinski definition) is 3. The maximum Gasteiger partial charge on any atom is 0.119 e. The van der Waals surface area contributed by atoms with E-state index in [2.05, 4.69) is 26.1 Å². The Morgan fingerprint density at radius 1 is 1.10 bits per heavy atom. The minimum absolute atomic E-state index is 0.592. The van der Waals surface area contributed by atoms with Crippen LogP contribution in [0, 0.1) is 5.92 Å². The molecule has 1 unspecified atom stereocenters. The van der Waals surface area contributed by atoms with Gasteiger partial charge in [-0.05, 0) is 56.0 Å². The first-order chi connectivity index (χ1) is 9.67. The molecule has 0 heterocycles. The van der Waals surface area contributed by atoms with Gasteiger partial charge in [0.15, 0.2) is 0 Å². The summed E-state index contributed by atoms with van der Waals surface area (Å²) in [4.78, 5) is 0. The molecule has 0 aliphatic rings. The van der Waals surface area contributed by atoms with Crippen LogP contribution in [0.4, 0.5) is 0 Å². The summed E-state index contributed by atoms with van der Waals surface area (Å²) >= 11 is 0. The van der Waals surface area contributed by atoms with E-state index in [9.17, 15) is 0 Å². The lowest BCUT2D eigenvalue weighted by Gasteiger charge is -2.22. The third kappa shape index (κ3) is 6.29. The van der Waals surface area contributed by atoms with Gasteiger partial charge in [0.25, 0.3) is 0 Å². The van der Waals surface area contributed by atoms with Gasteiger partial charge in [-0.3, -0.25) is 0 Å². The first-order valence-electron chi connectivity index (χ1n) is 7.67. The molecule has 114 valence electrons. The van der Waals surface area contributed by atoms with Crippen LogP contribution >= 0.6 is 0 Å². The first-order valence-corrected chi connectivity index (χ1v) is 7.67. The minimum atomic E-state index is 0.592. The number of ether oxygens (including phenoxy) is 2. The fourth-order valence-corrected chi connectivity index (χ4v) is 2.17. The van der Waals surface area contributed by atoms with E-state index in [1.54, 1.807) is 7.11 Å². The topological polar surface area (TPSA) is 30.5 Å². The predicted molar refractivity (Wildman–Crippen MR) is 84.6 cm³/mol. The van der Waals surface area contributed by atoms with E-state index in [-0.39, 0.29) is 0 Å². The highest BCUT2D eigenvalue weighted by Crippen LogP contribution is 2.17. The summed E-state index contributed by atoms with van der Waals surface area (Å²) in [6, 6.07) is 8.35. The second-order valence-electron chi connectivity index (χ2n) is 5.47. The van der Waals surface area contributed by atoms with Crippen molar-refractivity contribution in [2.24, 2.45) is 5.92 Å². The number of benzene rings is 1. The Hall–Kier alpha value is -1.22. The van der Waals surface area contributed by atoms with Gasteiger partial charge >= 0.3 is 0 Å². The largest absolute Gasteiger partial charge is 0.497 e. The zero-order chi connectivity index (χ0) is 14.8. The molecule has 1 N–H and O–H groups in total. The summed E-state index contributed by atoms with van der Waals surface area (Å²) in [6.45, 7) is 8.62. The molecule has 1 rings (SSSR count). The van der Waals surface area contributed by atoms with Crippen molar-refractivity contribution in [1.82, 2.24) is 5.32 Å². The van der Waals surface area contributed by atoms with Crippen molar-refractivity contribution in [2.45, 2.75) is 46.1 Å². The Bertz CT molecular complexity index is 349. The van der Waals surface area contributed by atoms with E-state index in [4.69, 9.17) is 9.47 Å². The molecular weight excluding hydrogens is 250 g/mol. The highest BCUT2D eigenvalue weighted by Gasteiger charge is 2.11. The van der Waals surface area contributed by atoms with Crippen molar-refractivity contribution in [3.8, 4) is 11.5 Å². The molecule has 0 aliphatic carbocycles. The zero-order valence-electron chi connectivity index (χ0n) is 13.3. The van der Waals surface area contributed by atoms with Crippen LogP contribution in [0.25, 0.3) is 0 Å². The van der Waals surface area contributed by atoms with Gasteiger partial charge < -0.3 is 14.8 Å². The molecule has 3 nitrogen and oxygen atoms in total. The summed E-state index contributed by atoms with van der Waals surface area (Å²) in [5, 5.41) is 3.61. The summed E-state index contributed by atoms with van der Waals surface area (Å²) in [6.07, 6.45) is 3.42. The van der Waals surface area contributed by atoms with E-state index in [0.717, 1.165) is 37.5 Å². The Kier molecular flexibility index (Phi) is 8.12. The Morgan fingerprint density at radius 2 is 1.75 bits per heavy atom. The third-order valence-electron chi connectivity index (χ3n) is 3.45. The summed E-state index contributed by atoms with van der Waals surface area (Å²) < 4.78 is 10.9. The van der Waals surface area contributed by atoms with Crippen molar-refractivity contribution in [2.75, 3.05) is 20.3 Å². The van der Waals surface area contributed by atoms with Crippen molar-refractivity contribution >= 4 is 0 Å². The van der Waals surface area contributed by atoms with E-state index >= 15 is 0 Å². The molecule has 0 aromatic heterocycles. The number of nitrogens with one attached hydrogen (secondary N) is 1. The second-order valence-corrected chi connectivity index (χ2v) is 5.47. The number of methoxy groups -OCH3 is 1. The molecule has 1 aromatic rings. The van der Waals surface area contributed by atoms with Crippen LogP contribution in [0.3, 0.4) is 0 Å². The van der Waals surface area contributed by atoms with Gasteiger partial charge in [0.2, 0.25) is 0 Å². The van der Waals surface area contributed by atoms with Gasteiger partial charge in [-0.25, -0.2) is 0 Å². The fraction of sp³-hybridized carbons (Fsp3) is 0.647. The normalized spacial score (nSPS) is 12.4. The van der Waals surface area contributed by atoms with E-state index in [1.165, 1.54) is 6.42 Å². The van der Waals surface area contributed by atoms with Crippen LogP contribution in [0.5, 0.6) is 11.5 Å². The highest BCUT2D eigenvalue weighted by atomic mass is 16.5. The van der Waals surface area contributed by atoms with Crippen LogP contribution in [0.1, 0.15) is 40.0 Å². The maximum atomic E-state index is 5.76. The first kappa shape index (κ1) is 16.8. The number of hydrogen-bond donors (Lipinski definition) is 1. The van der Waals surface area contributed by atoms with Crippen molar-refractivity contribution in [1.29, 1.82) is 0 Å². The quantitative estimate of drug-likeness (QED) is 0.659. The number of rotatable bonds is 10. The molecule has 1 atom stereocenters. The molecular formula is C17H29NO2. The van der Waals surface area contributed by atoms with E-state index in [0.29, 0.717) is 12.0 Å². The molecule has 0 fully saturated rings. The maximum absolute atomic E-state index is 5.76. The smallest absolute Gasteiger partial charge is 0.119 e. The van der Waals surface area contributed by atoms with Crippen molar-refractivity contribution in [3.63, 3.8) is 0 Å². The molecule has 0 bridgehead atoms. The molecule has 0 saturated heterocycles. The lowest BCUT2D eigenvalue weighted by Crippen LogP contribution is -2.34. The third-order valence-corrected chi connectivity index (χ3v) is 3.45. The Balaban J connectivity index is 2.24. The van der Waals surface area contributed by atoms with Crippen molar-refractivity contribution in [3.05, 3.63) is 24.3 Å². The predicted octanol–water partition coefficient (Wildman–Crippen LogP) is 3.88. The van der Waals surface area contributed by atoms with Gasteiger partial charge in [-0.2, -0.15) is 0 Å². The minimum Gasteiger partial charge on any atom is -0.497 e. The molecule has 3 heteroatoms. The monoisotopic (exact) mass is 279 g/mol. The van der Waals surface area contributed by atoms with Crippen LogP contribution in [-0.2, 0) is 0 Å². The van der Waals surface area contributed by atoms with Crippen LogP contribution in [-0.4, -0.2) is 26.3 Å². The fourth-order valence-electron chi connectivity index (χ4n) is 2.17. The van der Waals surface area contributed by atoms with Crippen molar-refractivity contribution < 1.29 is 9.47 Å². The average molecular weight is 279 g/mol. The Morgan fingerprint density at radius 3 is 2.30 bits per heavy atom. The molecule has 0 amide bonds. The van der Waals surface area contributed by atoms with Gasteiger partial charge in [-0.15, -0.1) is 0 Å². The SMILES string of the molecule is CCCNC(CCCOc1ccc(OC)cc1)C(C)C. The summed E-state index contributed by atoms with van der Waals surface area (Å²) in [7, 11) is 1.67. The van der Waals surface area contributed by atoms with Gasteiger partial charge in [0, 0.05) is 6.04 Å².